The molecule has 1 aromatic heterocycles. The first-order chi connectivity index (χ1) is 9.93. The highest BCUT2D eigenvalue weighted by atomic mass is 32.2. The van der Waals surface area contributed by atoms with Crippen molar-refractivity contribution in [3.05, 3.63) is 53.9 Å². The molecule has 0 fully saturated rings. The maximum atomic E-state index is 11.6. The van der Waals surface area contributed by atoms with Gasteiger partial charge in [0.25, 0.3) is 0 Å². The number of phenolic OH excluding ortho intramolecular Hbond substituents is 1. The second kappa shape index (κ2) is 4.89. The van der Waals surface area contributed by atoms with Crippen LogP contribution < -0.4 is 0 Å². The molecule has 3 aromatic rings. The average molecular weight is 302 g/mol. The second-order valence-electron chi connectivity index (χ2n) is 4.94. The lowest BCUT2D eigenvalue weighted by atomic mass is 10.1. The fourth-order valence-electron chi connectivity index (χ4n) is 2.20. The van der Waals surface area contributed by atoms with Crippen LogP contribution >= 0.6 is 0 Å². The van der Waals surface area contributed by atoms with E-state index >= 15 is 0 Å². The number of hydrogen-bond acceptors (Lipinski definition) is 4. The fraction of sp³-hybridized carbons (Fsp3) is 0.133. The molecular formula is C15H14N2O3S. The van der Waals surface area contributed by atoms with Crippen LogP contribution in [0.3, 0.4) is 0 Å². The Morgan fingerprint density at radius 1 is 1.19 bits per heavy atom. The normalized spacial score (nSPS) is 11.9. The lowest BCUT2D eigenvalue weighted by Crippen LogP contribution is -1.96. The summed E-state index contributed by atoms with van der Waals surface area (Å²) in [5, 5.41) is 9.78. The van der Waals surface area contributed by atoms with E-state index in [1.54, 1.807) is 30.3 Å². The molecule has 21 heavy (non-hydrogen) atoms. The number of H-pyrrole nitrogens is 1. The second-order valence-corrected chi connectivity index (χ2v) is 6.96. The lowest BCUT2D eigenvalue weighted by Gasteiger charge is -2.00. The van der Waals surface area contributed by atoms with Crippen LogP contribution in [-0.4, -0.2) is 29.7 Å². The number of aromatic hydroxyl groups is 1. The van der Waals surface area contributed by atoms with Crippen molar-refractivity contribution in [1.29, 1.82) is 0 Å². The van der Waals surface area contributed by atoms with Gasteiger partial charge in [-0.15, -0.1) is 0 Å². The van der Waals surface area contributed by atoms with Crippen LogP contribution in [0.25, 0.3) is 11.0 Å². The van der Waals surface area contributed by atoms with Crippen LogP contribution in [0.4, 0.5) is 0 Å². The Bertz CT molecular complexity index is 914. The monoisotopic (exact) mass is 302 g/mol. The molecule has 108 valence electrons. The first-order valence-corrected chi connectivity index (χ1v) is 8.28. The number of aromatic nitrogens is 2. The molecule has 0 saturated carbocycles. The number of sulfone groups is 1. The van der Waals surface area contributed by atoms with Crippen molar-refractivity contribution < 1.29 is 13.5 Å². The van der Waals surface area contributed by atoms with Gasteiger partial charge in [-0.05, 0) is 24.3 Å². The van der Waals surface area contributed by atoms with E-state index in [9.17, 15) is 13.5 Å². The molecule has 0 atom stereocenters. The molecule has 0 aliphatic heterocycles. The summed E-state index contributed by atoms with van der Waals surface area (Å²) in [5.41, 5.74) is 2.14. The maximum Gasteiger partial charge on any atom is 0.175 e. The smallest absolute Gasteiger partial charge is 0.175 e. The molecule has 0 unspecified atom stereocenters. The topological polar surface area (TPSA) is 83.1 Å². The third-order valence-electron chi connectivity index (χ3n) is 3.28. The molecule has 2 aromatic carbocycles. The Morgan fingerprint density at radius 2 is 1.95 bits per heavy atom. The first-order valence-electron chi connectivity index (χ1n) is 6.39. The van der Waals surface area contributed by atoms with Gasteiger partial charge in [-0.25, -0.2) is 13.4 Å². The molecule has 0 saturated heterocycles. The van der Waals surface area contributed by atoms with Gasteiger partial charge < -0.3 is 10.1 Å². The number of nitrogens with one attached hydrogen (secondary N) is 1. The third-order valence-corrected chi connectivity index (χ3v) is 4.39. The molecule has 0 amide bonds. The van der Waals surface area contributed by atoms with E-state index in [0.717, 1.165) is 5.56 Å². The van der Waals surface area contributed by atoms with E-state index in [1.807, 2.05) is 12.1 Å². The van der Waals surface area contributed by atoms with Crippen molar-refractivity contribution in [2.75, 3.05) is 6.26 Å². The van der Waals surface area contributed by atoms with E-state index in [1.165, 1.54) is 6.26 Å². The van der Waals surface area contributed by atoms with Gasteiger partial charge in [0, 0.05) is 18.2 Å². The maximum absolute atomic E-state index is 11.6. The van der Waals surface area contributed by atoms with Gasteiger partial charge >= 0.3 is 0 Å². The summed E-state index contributed by atoms with van der Waals surface area (Å²) in [6.45, 7) is 0. The van der Waals surface area contributed by atoms with Gasteiger partial charge in [0.2, 0.25) is 0 Å². The molecular weight excluding hydrogens is 288 g/mol. The Hall–Kier alpha value is -2.34. The SMILES string of the molecule is CS(=O)(=O)c1ccc2nc(Cc3ccccc3O)[nH]c2c1. The zero-order valence-corrected chi connectivity index (χ0v) is 12.2. The lowest BCUT2D eigenvalue weighted by molar-refractivity contribution is 0.469. The van der Waals surface area contributed by atoms with Crippen LogP contribution in [0.15, 0.2) is 47.4 Å². The first kappa shape index (κ1) is 13.6. The Balaban J connectivity index is 2.00. The summed E-state index contributed by atoms with van der Waals surface area (Å²) in [6, 6.07) is 11.9. The standard InChI is InChI=1S/C15H14N2O3S/c1-21(19,20)11-6-7-12-13(9-11)17-15(16-12)8-10-4-2-3-5-14(10)18/h2-7,9,18H,8H2,1H3,(H,16,17). The number of aromatic amines is 1. The van der Waals surface area contributed by atoms with Crippen LogP contribution in [0.2, 0.25) is 0 Å². The van der Waals surface area contributed by atoms with Crippen LogP contribution in [0.5, 0.6) is 5.75 Å². The van der Waals surface area contributed by atoms with E-state index < -0.39 is 9.84 Å². The van der Waals surface area contributed by atoms with E-state index in [0.29, 0.717) is 23.3 Å². The quantitative estimate of drug-likeness (QED) is 0.777. The highest BCUT2D eigenvalue weighted by molar-refractivity contribution is 7.90. The molecule has 0 bridgehead atoms. The number of nitrogens with zero attached hydrogens (tertiary/aromatic N) is 1. The van der Waals surface area contributed by atoms with Gasteiger partial charge in [-0.3, -0.25) is 0 Å². The largest absolute Gasteiger partial charge is 0.508 e. The molecule has 1 heterocycles. The Morgan fingerprint density at radius 3 is 2.67 bits per heavy atom. The Labute approximate surface area is 122 Å². The highest BCUT2D eigenvalue weighted by Gasteiger charge is 2.11. The van der Waals surface area contributed by atoms with Crippen molar-refractivity contribution in [3.8, 4) is 5.75 Å². The molecule has 3 rings (SSSR count). The van der Waals surface area contributed by atoms with Gasteiger partial charge in [0.05, 0.1) is 15.9 Å². The molecule has 5 nitrogen and oxygen atoms in total. The number of benzene rings is 2. The molecule has 6 heteroatoms. The van der Waals surface area contributed by atoms with Gasteiger partial charge in [-0.1, -0.05) is 18.2 Å². The third kappa shape index (κ3) is 2.75. The fourth-order valence-corrected chi connectivity index (χ4v) is 2.84. The van der Waals surface area contributed by atoms with Crippen molar-refractivity contribution in [1.82, 2.24) is 9.97 Å². The summed E-state index contributed by atoms with van der Waals surface area (Å²) >= 11 is 0. The zero-order chi connectivity index (χ0) is 15.0. The number of rotatable bonds is 3. The number of imidazole rings is 1. The van der Waals surface area contributed by atoms with Crippen molar-refractivity contribution in [2.24, 2.45) is 0 Å². The molecule has 0 aliphatic carbocycles. The molecule has 0 aliphatic rings. The summed E-state index contributed by atoms with van der Waals surface area (Å²) < 4.78 is 23.1. The molecule has 0 radical (unpaired) electrons. The van der Waals surface area contributed by atoms with Crippen LogP contribution in [-0.2, 0) is 16.3 Å². The Kier molecular flexibility index (Phi) is 3.17. The summed E-state index contributed by atoms with van der Waals surface area (Å²) in [4.78, 5) is 7.77. The predicted octanol–water partition coefficient (Wildman–Crippen LogP) is 2.26. The summed E-state index contributed by atoms with van der Waals surface area (Å²) in [7, 11) is -3.24. The highest BCUT2D eigenvalue weighted by Crippen LogP contribution is 2.21. The average Bonchev–Trinajstić information content (AvgIpc) is 2.81. The number of hydrogen-bond donors (Lipinski definition) is 2. The molecule has 0 spiro atoms. The van der Waals surface area contributed by atoms with Gasteiger partial charge in [-0.2, -0.15) is 0 Å². The minimum Gasteiger partial charge on any atom is -0.508 e. The van der Waals surface area contributed by atoms with Crippen molar-refractivity contribution in [2.45, 2.75) is 11.3 Å². The van der Waals surface area contributed by atoms with Crippen molar-refractivity contribution >= 4 is 20.9 Å². The predicted molar refractivity (Wildman–Crippen MR) is 80.1 cm³/mol. The summed E-state index contributed by atoms with van der Waals surface area (Å²) in [5.74, 6) is 0.895. The number of para-hydroxylation sites is 1. The summed E-state index contributed by atoms with van der Waals surface area (Å²) in [6.07, 6.45) is 1.63. The number of phenols is 1. The van der Waals surface area contributed by atoms with E-state index in [4.69, 9.17) is 0 Å². The van der Waals surface area contributed by atoms with E-state index in [-0.39, 0.29) is 10.6 Å². The van der Waals surface area contributed by atoms with Crippen LogP contribution in [0.1, 0.15) is 11.4 Å². The van der Waals surface area contributed by atoms with Crippen molar-refractivity contribution in [3.63, 3.8) is 0 Å². The minimum absolute atomic E-state index is 0.217. The van der Waals surface area contributed by atoms with Gasteiger partial charge in [0.1, 0.15) is 11.6 Å². The molecule has 2 N–H and O–H groups in total. The number of fused-ring (bicyclic) bond motifs is 1. The van der Waals surface area contributed by atoms with E-state index in [2.05, 4.69) is 9.97 Å². The van der Waals surface area contributed by atoms with Crippen LogP contribution in [0, 0.1) is 0 Å². The van der Waals surface area contributed by atoms with Gasteiger partial charge in [0.15, 0.2) is 9.84 Å². The zero-order valence-electron chi connectivity index (χ0n) is 11.4. The minimum atomic E-state index is -3.24.